The highest BCUT2D eigenvalue weighted by Gasteiger charge is 2.12. The van der Waals surface area contributed by atoms with Crippen molar-refractivity contribution in [1.29, 1.82) is 0 Å². The van der Waals surface area contributed by atoms with Crippen molar-refractivity contribution in [2.24, 2.45) is 0 Å². The van der Waals surface area contributed by atoms with Gasteiger partial charge in [0.05, 0.1) is 5.52 Å². The number of aromatic nitrogens is 5. The van der Waals surface area contributed by atoms with E-state index in [-0.39, 0.29) is 12.4 Å². The second-order valence-corrected chi connectivity index (χ2v) is 7.45. The third kappa shape index (κ3) is 4.32. The molecule has 0 atom stereocenters. The molecule has 156 valence electrons. The maximum absolute atomic E-state index is 6.04. The van der Waals surface area contributed by atoms with Gasteiger partial charge >= 0.3 is 0 Å². The first kappa shape index (κ1) is 20.4. The Balaban J connectivity index is 0.00000218. The van der Waals surface area contributed by atoms with Crippen molar-refractivity contribution >= 4 is 23.3 Å². The Kier molecular flexibility index (Phi) is 6.30. The summed E-state index contributed by atoms with van der Waals surface area (Å²) in [7, 11) is 0. The van der Waals surface area contributed by atoms with Crippen LogP contribution in [0.25, 0.3) is 33.5 Å². The number of likely N-dealkylation sites (tertiary alicyclic amines) is 1. The van der Waals surface area contributed by atoms with Crippen LogP contribution in [-0.2, 0) is 0 Å². The molecule has 3 heterocycles. The summed E-state index contributed by atoms with van der Waals surface area (Å²) in [6.07, 6.45) is 5.48. The number of nitrogens with zero attached hydrogens (tertiary/aromatic N) is 4. The summed E-state index contributed by atoms with van der Waals surface area (Å²) in [6, 6.07) is 14.3. The largest absolute Gasteiger partial charge is 0.492 e. The van der Waals surface area contributed by atoms with E-state index in [4.69, 9.17) is 4.74 Å². The lowest BCUT2D eigenvalue weighted by Crippen LogP contribution is -2.33. The standard InChI is InChI=1S/C22H24N6O.ClH/c1-2-9-28(10-3-1)11-12-29-18-6-4-5-16(13-18)21-19-14-17(22-23-15-24-27-22)7-8-20(19)25-26-21;/h4-8,13-15H,1-3,9-12H2,(H,25,26)(H,23,24,27);1H. The maximum Gasteiger partial charge on any atom is 0.155 e. The van der Waals surface area contributed by atoms with Crippen molar-refractivity contribution in [2.45, 2.75) is 19.3 Å². The number of benzene rings is 2. The molecule has 1 aliphatic rings. The molecule has 0 spiro atoms. The van der Waals surface area contributed by atoms with E-state index in [0.717, 1.165) is 45.8 Å². The fourth-order valence-corrected chi connectivity index (χ4v) is 3.93. The summed E-state index contributed by atoms with van der Waals surface area (Å²) in [6.45, 7) is 4.07. The highest BCUT2D eigenvalue weighted by atomic mass is 35.5. The van der Waals surface area contributed by atoms with Gasteiger partial charge in [-0.05, 0) is 56.3 Å². The predicted molar refractivity (Wildman–Crippen MR) is 120 cm³/mol. The molecule has 0 bridgehead atoms. The van der Waals surface area contributed by atoms with Crippen LogP contribution in [0.2, 0.25) is 0 Å². The summed E-state index contributed by atoms with van der Waals surface area (Å²) >= 11 is 0. The first-order valence-electron chi connectivity index (χ1n) is 10.2. The zero-order valence-electron chi connectivity index (χ0n) is 16.7. The van der Waals surface area contributed by atoms with Gasteiger partial charge in [0.25, 0.3) is 0 Å². The molecule has 4 aromatic rings. The molecule has 8 heteroatoms. The Labute approximate surface area is 181 Å². The number of aromatic amines is 2. The molecule has 2 aromatic carbocycles. The Morgan fingerprint density at radius 3 is 2.70 bits per heavy atom. The van der Waals surface area contributed by atoms with Crippen LogP contribution in [0.1, 0.15) is 19.3 Å². The molecule has 0 unspecified atom stereocenters. The lowest BCUT2D eigenvalue weighted by molar-refractivity contribution is 0.183. The number of fused-ring (bicyclic) bond motifs is 1. The Hall–Kier alpha value is -2.90. The minimum atomic E-state index is 0. The van der Waals surface area contributed by atoms with Crippen LogP contribution in [0.15, 0.2) is 48.8 Å². The normalized spacial score (nSPS) is 14.5. The van der Waals surface area contributed by atoms with Crippen molar-refractivity contribution in [3.05, 3.63) is 48.8 Å². The van der Waals surface area contributed by atoms with E-state index in [1.165, 1.54) is 38.7 Å². The number of ether oxygens (including phenoxy) is 1. The van der Waals surface area contributed by atoms with Gasteiger partial charge in [0, 0.05) is 23.1 Å². The van der Waals surface area contributed by atoms with Crippen LogP contribution in [0.4, 0.5) is 0 Å². The van der Waals surface area contributed by atoms with E-state index >= 15 is 0 Å². The topological polar surface area (TPSA) is 82.7 Å². The third-order valence-corrected chi connectivity index (χ3v) is 5.48. The zero-order valence-corrected chi connectivity index (χ0v) is 17.5. The third-order valence-electron chi connectivity index (χ3n) is 5.48. The van der Waals surface area contributed by atoms with Gasteiger partial charge in [0.15, 0.2) is 5.82 Å². The highest BCUT2D eigenvalue weighted by molar-refractivity contribution is 5.95. The van der Waals surface area contributed by atoms with Crippen molar-refractivity contribution in [3.63, 3.8) is 0 Å². The number of hydrogen-bond acceptors (Lipinski definition) is 5. The summed E-state index contributed by atoms with van der Waals surface area (Å²) in [5.41, 5.74) is 3.90. The number of H-pyrrole nitrogens is 2. The van der Waals surface area contributed by atoms with E-state index in [9.17, 15) is 0 Å². The minimum Gasteiger partial charge on any atom is -0.492 e. The molecule has 0 amide bonds. The number of hydrogen-bond donors (Lipinski definition) is 2. The van der Waals surface area contributed by atoms with Crippen LogP contribution < -0.4 is 4.74 Å². The van der Waals surface area contributed by atoms with Crippen molar-refractivity contribution < 1.29 is 4.74 Å². The molecular formula is C22H25ClN6O. The first-order chi connectivity index (χ1) is 14.4. The molecule has 30 heavy (non-hydrogen) atoms. The fourth-order valence-electron chi connectivity index (χ4n) is 3.93. The molecule has 1 aliphatic heterocycles. The summed E-state index contributed by atoms with van der Waals surface area (Å²) in [5.74, 6) is 1.62. The average Bonchev–Trinajstić information content (AvgIpc) is 3.44. The van der Waals surface area contributed by atoms with Crippen molar-refractivity contribution in [2.75, 3.05) is 26.2 Å². The summed E-state index contributed by atoms with van der Waals surface area (Å²) in [5, 5.41) is 15.6. The Bertz CT molecular complexity index is 1090. The van der Waals surface area contributed by atoms with Crippen LogP contribution in [-0.4, -0.2) is 56.5 Å². The first-order valence-corrected chi connectivity index (χ1v) is 10.2. The van der Waals surface area contributed by atoms with E-state index in [1.54, 1.807) is 0 Å². The maximum atomic E-state index is 6.04. The zero-order chi connectivity index (χ0) is 19.5. The van der Waals surface area contributed by atoms with Gasteiger partial charge < -0.3 is 4.74 Å². The predicted octanol–water partition coefficient (Wildman–Crippen LogP) is 4.30. The van der Waals surface area contributed by atoms with Gasteiger partial charge in [-0.3, -0.25) is 15.1 Å². The van der Waals surface area contributed by atoms with E-state index < -0.39 is 0 Å². The monoisotopic (exact) mass is 424 g/mol. The number of nitrogens with one attached hydrogen (secondary N) is 2. The molecule has 1 fully saturated rings. The van der Waals surface area contributed by atoms with Gasteiger partial charge in [-0.15, -0.1) is 12.4 Å². The van der Waals surface area contributed by atoms with Crippen molar-refractivity contribution in [1.82, 2.24) is 30.3 Å². The molecule has 1 saturated heterocycles. The molecule has 2 aromatic heterocycles. The van der Waals surface area contributed by atoms with E-state index in [1.807, 2.05) is 24.3 Å². The Morgan fingerprint density at radius 1 is 0.967 bits per heavy atom. The highest BCUT2D eigenvalue weighted by Crippen LogP contribution is 2.31. The minimum absolute atomic E-state index is 0. The second-order valence-electron chi connectivity index (χ2n) is 7.45. The number of piperidine rings is 1. The SMILES string of the molecule is Cl.c1cc(OCCN2CCCCC2)cc(-c2n[nH]c3ccc(-c4ncn[nH]4)cc23)c1. The van der Waals surface area contributed by atoms with Crippen LogP contribution in [0.3, 0.4) is 0 Å². The number of halogens is 1. The second kappa shape index (κ2) is 9.28. The van der Waals surface area contributed by atoms with Gasteiger partial charge in [0.1, 0.15) is 24.4 Å². The lowest BCUT2D eigenvalue weighted by atomic mass is 10.1. The van der Waals surface area contributed by atoms with Gasteiger partial charge in [-0.2, -0.15) is 10.2 Å². The molecule has 7 nitrogen and oxygen atoms in total. The molecule has 2 N–H and O–H groups in total. The quantitative estimate of drug-likeness (QED) is 0.482. The fraction of sp³-hybridized carbons (Fsp3) is 0.318. The van der Waals surface area contributed by atoms with Gasteiger partial charge in [-0.1, -0.05) is 18.6 Å². The van der Waals surface area contributed by atoms with E-state index in [0.29, 0.717) is 6.61 Å². The van der Waals surface area contributed by atoms with Gasteiger partial charge in [0.2, 0.25) is 0 Å². The average molecular weight is 425 g/mol. The van der Waals surface area contributed by atoms with Crippen LogP contribution in [0, 0.1) is 0 Å². The summed E-state index contributed by atoms with van der Waals surface area (Å²) < 4.78 is 6.04. The summed E-state index contributed by atoms with van der Waals surface area (Å²) in [4.78, 5) is 6.73. The molecule has 0 saturated carbocycles. The molecular weight excluding hydrogens is 400 g/mol. The smallest absolute Gasteiger partial charge is 0.155 e. The lowest BCUT2D eigenvalue weighted by Gasteiger charge is -2.26. The molecule has 0 aliphatic carbocycles. The van der Waals surface area contributed by atoms with Crippen molar-refractivity contribution in [3.8, 4) is 28.4 Å². The molecule has 0 radical (unpaired) electrons. The van der Waals surface area contributed by atoms with E-state index in [2.05, 4.69) is 48.5 Å². The number of rotatable bonds is 6. The molecule has 5 rings (SSSR count). The van der Waals surface area contributed by atoms with Gasteiger partial charge in [-0.25, -0.2) is 4.98 Å². The van der Waals surface area contributed by atoms with Crippen LogP contribution >= 0.6 is 12.4 Å². The Morgan fingerprint density at radius 2 is 1.87 bits per heavy atom. The van der Waals surface area contributed by atoms with Crippen LogP contribution in [0.5, 0.6) is 5.75 Å².